The lowest BCUT2D eigenvalue weighted by molar-refractivity contribution is -0.126. The van der Waals surface area contributed by atoms with Crippen LogP contribution in [0.3, 0.4) is 0 Å². The number of aromatic amines is 1. The molecule has 0 atom stereocenters. The monoisotopic (exact) mass is 481 g/mol. The number of nitrogens with zero attached hydrogens (tertiary/aromatic N) is 3. The third-order valence-electron chi connectivity index (χ3n) is 5.89. The molecule has 3 N–H and O–H groups in total. The van der Waals surface area contributed by atoms with E-state index in [-0.39, 0.29) is 17.6 Å². The molecule has 1 aromatic carbocycles. The summed E-state index contributed by atoms with van der Waals surface area (Å²) in [6, 6.07) is 10.00. The number of carbonyl (C=O) groups is 2. The van der Waals surface area contributed by atoms with Gasteiger partial charge in [-0.25, -0.2) is 9.97 Å². The van der Waals surface area contributed by atoms with E-state index in [1.54, 1.807) is 13.3 Å². The number of pyridine rings is 1. The van der Waals surface area contributed by atoms with Gasteiger partial charge >= 0.3 is 0 Å². The Bertz CT molecular complexity index is 1120. The van der Waals surface area contributed by atoms with Crippen molar-refractivity contribution < 1.29 is 19.1 Å². The number of para-hydroxylation sites is 1. The van der Waals surface area contributed by atoms with Crippen LogP contribution in [0.15, 0.2) is 36.5 Å². The molecular formula is C26H35N5O4. The van der Waals surface area contributed by atoms with Crippen molar-refractivity contribution in [2.75, 3.05) is 40.5 Å². The van der Waals surface area contributed by atoms with Gasteiger partial charge in [0, 0.05) is 44.3 Å². The minimum absolute atomic E-state index is 0.125. The molecule has 188 valence electrons. The van der Waals surface area contributed by atoms with E-state index in [2.05, 4.69) is 25.9 Å². The molecule has 3 aromatic rings. The molecule has 0 bridgehead atoms. The summed E-state index contributed by atoms with van der Waals surface area (Å²) in [7, 11) is 3.59. The molecule has 0 saturated carbocycles. The first-order chi connectivity index (χ1) is 16.9. The molecule has 1 fully saturated rings. The number of methoxy groups -OCH3 is 1. The Hall–Kier alpha value is -3.30. The van der Waals surface area contributed by atoms with Crippen molar-refractivity contribution in [2.24, 2.45) is 11.7 Å². The number of Topliss-reactive ketones (excluding diaryl/α,β-unsaturated/α-hetero) is 1. The van der Waals surface area contributed by atoms with Gasteiger partial charge in [-0.3, -0.25) is 9.59 Å². The molecule has 9 nitrogen and oxygen atoms in total. The molecular weight excluding hydrogens is 446 g/mol. The van der Waals surface area contributed by atoms with E-state index in [0.29, 0.717) is 38.4 Å². The normalized spacial score (nSPS) is 13.7. The quantitative estimate of drug-likeness (QED) is 0.404. The Balaban J connectivity index is 0.000000363. The number of ketones is 1. The van der Waals surface area contributed by atoms with Crippen molar-refractivity contribution in [1.29, 1.82) is 0 Å². The fourth-order valence-electron chi connectivity index (χ4n) is 3.77. The molecule has 1 aliphatic heterocycles. The van der Waals surface area contributed by atoms with Crippen molar-refractivity contribution in [3.63, 3.8) is 0 Å². The highest BCUT2D eigenvalue weighted by Crippen LogP contribution is 2.30. The number of nitrogens with one attached hydrogen (secondary N) is 1. The average Bonchev–Trinajstić information content (AvgIpc) is 3.32. The summed E-state index contributed by atoms with van der Waals surface area (Å²) < 4.78 is 11.1. The van der Waals surface area contributed by atoms with Crippen molar-refractivity contribution in [2.45, 2.75) is 32.6 Å². The standard InChI is InChI=1S/C21H25N3O3.C5H10N2O/c1-3-16(25)8-6-11-27-12-10-20-22-14-19(23-20)17-13-15-7-4-5-9-18(15)24-21(17)26-2;1-7-2-4(3-7)5(6)8/h4-5,7,9,13-14H,3,6,8,10-12H2,1-2H3,(H,22,23);4H,2-3H2,1H3,(H2,6,8). The summed E-state index contributed by atoms with van der Waals surface area (Å²) >= 11 is 0. The Morgan fingerprint density at radius 3 is 2.66 bits per heavy atom. The van der Waals surface area contributed by atoms with Gasteiger partial charge < -0.3 is 25.1 Å². The number of aromatic nitrogens is 3. The van der Waals surface area contributed by atoms with E-state index < -0.39 is 0 Å². The summed E-state index contributed by atoms with van der Waals surface area (Å²) in [4.78, 5) is 36.0. The number of nitrogens with two attached hydrogens (primary N) is 1. The SMILES string of the molecule is CCC(=O)CCCOCCc1ncc(-c2cc3ccccc3nc2OC)[nH]1.CN1CC(C(N)=O)C1. The van der Waals surface area contributed by atoms with E-state index in [0.717, 1.165) is 47.5 Å². The molecule has 0 radical (unpaired) electrons. The van der Waals surface area contributed by atoms with E-state index >= 15 is 0 Å². The summed E-state index contributed by atoms with van der Waals surface area (Å²) in [6.45, 7) is 4.74. The van der Waals surface area contributed by atoms with Crippen LogP contribution in [0.25, 0.3) is 22.2 Å². The number of hydrogen-bond acceptors (Lipinski definition) is 7. The molecule has 1 amide bonds. The lowest BCUT2D eigenvalue weighted by Gasteiger charge is -2.33. The molecule has 0 unspecified atom stereocenters. The summed E-state index contributed by atoms with van der Waals surface area (Å²) in [6.07, 6.45) is 4.45. The van der Waals surface area contributed by atoms with E-state index in [4.69, 9.17) is 15.2 Å². The number of rotatable bonds is 11. The summed E-state index contributed by atoms with van der Waals surface area (Å²) in [5, 5.41) is 1.05. The van der Waals surface area contributed by atoms with Crippen molar-refractivity contribution in [3.05, 3.63) is 42.4 Å². The molecule has 2 aromatic heterocycles. The van der Waals surface area contributed by atoms with Crippen LogP contribution in [-0.4, -0.2) is 72.0 Å². The zero-order valence-electron chi connectivity index (χ0n) is 20.8. The van der Waals surface area contributed by atoms with E-state index in [9.17, 15) is 9.59 Å². The van der Waals surface area contributed by atoms with Crippen LogP contribution in [0.5, 0.6) is 5.88 Å². The number of primary amides is 1. The fraction of sp³-hybridized carbons (Fsp3) is 0.462. The van der Waals surface area contributed by atoms with Gasteiger partial charge in [0.15, 0.2) is 0 Å². The number of likely N-dealkylation sites (tertiary alicyclic amines) is 1. The fourth-order valence-corrected chi connectivity index (χ4v) is 3.77. The highest BCUT2D eigenvalue weighted by molar-refractivity contribution is 5.85. The predicted octanol–water partition coefficient (Wildman–Crippen LogP) is 2.99. The van der Waals surface area contributed by atoms with Crippen LogP contribution >= 0.6 is 0 Å². The Labute approximate surface area is 206 Å². The number of H-pyrrole nitrogens is 1. The first-order valence-electron chi connectivity index (χ1n) is 12.0. The Morgan fingerprint density at radius 1 is 1.23 bits per heavy atom. The number of amides is 1. The number of ether oxygens (including phenoxy) is 2. The van der Waals surface area contributed by atoms with Gasteiger partial charge in [-0.2, -0.15) is 0 Å². The summed E-state index contributed by atoms with van der Waals surface area (Å²) in [5.74, 6) is 1.67. The lowest BCUT2D eigenvalue weighted by atomic mass is 10.0. The zero-order chi connectivity index (χ0) is 25.2. The second kappa shape index (κ2) is 13.0. The second-order valence-electron chi connectivity index (χ2n) is 8.66. The molecule has 35 heavy (non-hydrogen) atoms. The first kappa shape index (κ1) is 26.3. The van der Waals surface area contributed by atoms with Gasteiger partial charge in [0.2, 0.25) is 11.8 Å². The Kier molecular flexibility index (Phi) is 9.75. The molecule has 3 heterocycles. The third kappa shape index (κ3) is 7.60. The molecule has 9 heteroatoms. The van der Waals surface area contributed by atoms with Gasteiger partial charge in [0.05, 0.1) is 42.6 Å². The topological polar surface area (TPSA) is 123 Å². The minimum Gasteiger partial charge on any atom is -0.480 e. The molecule has 0 aliphatic carbocycles. The highest BCUT2D eigenvalue weighted by Gasteiger charge is 2.27. The maximum absolute atomic E-state index is 11.3. The zero-order valence-corrected chi connectivity index (χ0v) is 20.8. The molecule has 4 rings (SSSR count). The number of hydrogen-bond donors (Lipinski definition) is 2. The van der Waals surface area contributed by atoms with Crippen LogP contribution in [0.2, 0.25) is 0 Å². The third-order valence-corrected chi connectivity index (χ3v) is 5.89. The molecule has 1 saturated heterocycles. The van der Waals surface area contributed by atoms with Gasteiger partial charge in [-0.1, -0.05) is 25.1 Å². The van der Waals surface area contributed by atoms with Gasteiger partial charge in [0.1, 0.15) is 11.6 Å². The average molecular weight is 482 g/mol. The number of benzene rings is 1. The van der Waals surface area contributed by atoms with Crippen LogP contribution in [-0.2, 0) is 20.7 Å². The van der Waals surface area contributed by atoms with E-state index in [1.165, 1.54) is 0 Å². The molecule has 0 spiro atoms. The smallest absolute Gasteiger partial charge is 0.223 e. The predicted molar refractivity (Wildman–Crippen MR) is 135 cm³/mol. The van der Waals surface area contributed by atoms with Crippen LogP contribution < -0.4 is 10.5 Å². The van der Waals surface area contributed by atoms with Crippen molar-refractivity contribution >= 4 is 22.6 Å². The second-order valence-corrected chi connectivity index (χ2v) is 8.66. The number of fused-ring (bicyclic) bond motifs is 1. The van der Waals surface area contributed by atoms with Gasteiger partial charge in [0.25, 0.3) is 0 Å². The highest BCUT2D eigenvalue weighted by atomic mass is 16.5. The van der Waals surface area contributed by atoms with Crippen LogP contribution in [0, 0.1) is 5.92 Å². The largest absolute Gasteiger partial charge is 0.480 e. The lowest BCUT2D eigenvalue weighted by Crippen LogP contribution is -2.50. The van der Waals surface area contributed by atoms with Crippen molar-refractivity contribution in [1.82, 2.24) is 19.9 Å². The maximum Gasteiger partial charge on any atom is 0.223 e. The van der Waals surface area contributed by atoms with Crippen LogP contribution in [0.1, 0.15) is 32.0 Å². The number of carbonyl (C=O) groups excluding carboxylic acids is 2. The van der Waals surface area contributed by atoms with Crippen molar-refractivity contribution in [3.8, 4) is 17.1 Å². The first-order valence-corrected chi connectivity index (χ1v) is 12.0. The summed E-state index contributed by atoms with van der Waals surface area (Å²) in [5.41, 5.74) is 7.64. The minimum atomic E-state index is -0.164. The van der Waals surface area contributed by atoms with Crippen LogP contribution in [0.4, 0.5) is 0 Å². The maximum atomic E-state index is 11.3. The van der Waals surface area contributed by atoms with Gasteiger partial charge in [-0.15, -0.1) is 0 Å². The molecule has 1 aliphatic rings. The van der Waals surface area contributed by atoms with E-state index in [1.807, 2.05) is 38.2 Å². The number of imidazole rings is 1. The Morgan fingerprint density at radius 2 is 2.00 bits per heavy atom. The van der Waals surface area contributed by atoms with Gasteiger partial charge in [-0.05, 0) is 25.6 Å².